The average Bonchev–Trinajstić information content (AvgIpc) is 3.33. The molecule has 0 radical (unpaired) electrons. The summed E-state index contributed by atoms with van der Waals surface area (Å²) in [4.78, 5) is 15.1. The number of rotatable bonds is 9. The fraction of sp³-hybridized carbons (Fsp3) is 0.423. The predicted molar refractivity (Wildman–Crippen MR) is 143 cm³/mol. The van der Waals surface area contributed by atoms with E-state index in [0.29, 0.717) is 29.6 Å². The van der Waals surface area contributed by atoms with Gasteiger partial charge < -0.3 is 4.90 Å². The molecular formula is C26H33N5O3S2. The lowest BCUT2D eigenvalue weighted by Gasteiger charge is -2.33. The average molecular weight is 528 g/mol. The number of amides is 1. The van der Waals surface area contributed by atoms with Crippen LogP contribution in [0.5, 0.6) is 0 Å². The van der Waals surface area contributed by atoms with Gasteiger partial charge in [0, 0.05) is 36.9 Å². The molecule has 0 bridgehead atoms. The topological polar surface area (TPSA) is 88.4 Å². The molecule has 4 rings (SSSR count). The number of carbonyl (C=O) groups excluding carboxylic acids is 1. The van der Waals surface area contributed by atoms with Crippen molar-refractivity contribution in [2.24, 2.45) is 0 Å². The van der Waals surface area contributed by atoms with Crippen molar-refractivity contribution in [1.29, 1.82) is 0 Å². The maximum Gasteiger partial charge on any atom is 0.243 e. The zero-order valence-electron chi connectivity index (χ0n) is 21.0. The molecule has 192 valence electrons. The van der Waals surface area contributed by atoms with Crippen LogP contribution in [-0.2, 0) is 14.8 Å². The van der Waals surface area contributed by atoms with Gasteiger partial charge in [-0.15, -0.1) is 10.2 Å². The fourth-order valence-electron chi connectivity index (χ4n) is 4.55. The molecule has 1 fully saturated rings. The van der Waals surface area contributed by atoms with E-state index in [1.807, 2.05) is 59.7 Å². The summed E-state index contributed by atoms with van der Waals surface area (Å²) < 4.78 is 29.6. The first-order valence-corrected chi connectivity index (χ1v) is 14.8. The van der Waals surface area contributed by atoms with Crippen LogP contribution in [0.15, 0.2) is 64.6 Å². The molecule has 2 heterocycles. The first-order valence-electron chi connectivity index (χ1n) is 12.4. The fourth-order valence-corrected chi connectivity index (χ4v) is 6.89. The van der Waals surface area contributed by atoms with Crippen LogP contribution in [0.3, 0.4) is 0 Å². The van der Waals surface area contributed by atoms with E-state index >= 15 is 0 Å². The van der Waals surface area contributed by atoms with E-state index < -0.39 is 10.0 Å². The summed E-state index contributed by atoms with van der Waals surface area (Å²) in [6, 6.07) is 16.7. The minimum absolute atomic E-state index is 0.101. The van der Waals surface area contributed by atoms with Gasteiger partial charge in [-0.05, 0) is 50.5 Å². The molecular weight excluding hydrogens is 494 g/mol. The lowest BCUT2D eigenvalue weighted by Crippen LogP contribution is -2.42. The number of nitrogens with zero attached hydrogens (tertiary/aromatic N) is 5. The molecule has 1 aromatic heterocycles. The number of hydrogen-bond acceptors (Lipinski definition) is 6. The zero-order valence-corrected chi connectivity index (χ0v) is 22.6. The minimum Gasteiger partial charge on any atom is -0.339 e. The first kappa shape index (κ1) is 26.4. The molecule has 0 saturated carbocycles. The van der Waals surface area contributed by atoms with Crippen LogP contribution in [0.4, 0.5) is 0 Å². The monoisotopic (exact) mass is 527 g/mol. The van der Waals surface area contributed by atoms with E-state index in [4.69, 9.17) is 0 Å². The second-order valence-electron chi connectivity index (χ2n) is 8.81. The van der Waals surface area contributed by atoms with Gasteiger partial charge in [-0.3, -0.25) is 9.36 Å². The summed E-state index contributed by atoms with van der Waals surface area (Å²) in [5, 5.41) is 9.43. The Morgan fingerprint density at radius 2 is 1.81 bits per heavy atom. The Morgan fingerprint density at radius 1 is 1.06 bits per heavy atom. The number of sulfonamides is 1. The van der Waals surface area contributed by atoms with Crippen molar-refractivity contribution < 1.29 is 13.2 Å². The summed E-state index contributed by atoms with van der Waals surface area (Å²) in [5.41, 5.74) is 1.48. The Balaban J connectivity index is 1.68. The molecule has 0 N–H and O–H groups in total. The van der Waals surface area contributed by atoms with Crippen molar-refractivity contribution in [2.75, 3.05) is 25.4 Å². The molecule has 36 heavy (non-hydrogen) atoms. The molecule has 1 saturated heterocycles. The van der Waals surface area contributed by atoms with Crippen molar-refractivity contribution in [3.05, 3.63) is 54.6 Å². The van der Waals surface area contributed by atoms with Gasteiger partial charge in [-0.1, -0.05) is 55.9 Å². The van der Waals surface area contributed by atoms with E-state index in [0.717, 1.165) is 31.5 Å². The van der Waals surface area contributed by atoms with Gasteiger partial charge in [0.05, 0.1) is 10.6 Å². The Kier molecular flexibility index (Phi) is 8.48. The summed E-state index contributed by atoms with van der Waals surface area (Å²) in [6.45, 7) is 7.34. The number of hydrogen-bond donors (Lipinski definition) is 0. The second kappa shape index (κ2) is 11.6. The highest BCUT2D eigenvalue weighted by Crippen LogP contribution is 2.30. The molecule has 10 heteroatoms. The zero-order chi connectivity index (χ0) is 25.7. The predicted octanol–water partition coefficient (Wildman–Crippen LogP) is 4.46. The summed E-state index contributed by atoms with van der Waals surface area (Å²) in [6.07, 6.45) is 3.23. The van der Waals surface area contributed by atoms with Crippen LogP contribution in [0.1, 0.15) is 40.0 Å². The van der Waals surface area contributed by atoms with Gasteiger partial charge in [0.25, 0.3) is 0 Å². The number of carbonyl (C=O) groups is 1. The van der Waals surface area contributed by atoms with Gasteiger partial charge in [0.15, 0.2) is 11.0 Å². The third-order valence-corrected chi connectivity index (χ3v) is 9.49. The molecule has 1 aliphatic rings. The Bertz CT molecular complexity index is 1290. The van der Waals surface area contributed by atoms with E-state index in [1.165, 1.54) is 16.1 Å². The summed E-state index contributed by atoms with van der Waals surface area (Å²) >= 11 is 1.35. The normalized spacial score (nSPS) is 16.4. The largest absolute Gasteiger partial charge is 0.339 e. The SMILES string of the molecule is CCN(CC)S(=O)(=O)c1cccc(-c2nnc(SCC(=O)N3CCCC[C@H]3C)n2-c2ccccc2)c1. The van der Waals surface area contributed by atoms with Crippen LogP contribution >= 0.6 is 11.8 Å². The van der Waals surface area contributed by atoms with Gasteiger partial charge in [-0.2, -0.15) is 4.31 Å². The van der Waals surface area contributed by atoms with Crippen molar-refractivity contribution in [3.63, 3.8) is 0 Å². The number of aromatic nitrogens is 3. The van der Waals surface area contributed by atoms with Gasteiger partial charge >= 0.3 is 0 Å². The number of piperidine rings is 1. The van der Waals surface area contributed by atoms with E-state index in [9.17, 15) is 13.2 Å². The quantitative estimate of drug-likeness (QED) is 0.382. The second-order valence-corrected chi connectivity index (χ2v) is 11.7. The summed E-state index contributed by atoms with van der Waals surface area (Å²) in [7, 11) is -3.62. The van der Waals surface area contributed by atoms with E-state index in [1.54, 1.807) is 18.2 Å². The van der Waals surface area contributed by atoms with E-state index in [2.05, 4.69) is 17.1 Å². The number of thioether (sulfide) groups is 1. The highest BCUT2D eigenvalue weighted by atomic mass is 32.2. The van der Waals surface area contributed by atoms with Crippen molar-refractivity contribution in [1.82, 2.24) is 24.0 Å². The molecule has 0 unspecified atom stereocenters. The third kappa shape index (κ3) is 5.50. The standard InChI is InChI=1S/C26H33N5O3S2/c1-4-29(5-2)36(33,34)23-16-11-13-21(18-23)25-27-28-26(31(25)22-14-7-6-8-15-22)35-19-24(32)30-17-10-9-12-20(30)3/h6-8,11,13-16,18,20H,4-5,9-10,12,17,19H2,1-3H3/t20-/m1/s1. The molecule has 8 nitrogen and oxygen atoms in total. The maximum absolute atomic E-state index is 13.1. The lowest BCUT2D eigenvalue weighted by molar-refractivity contribution is -0.131. The van der Waals surface area contributed by atoms with Crippen LogP contribution in [-0.4, -0.2) is 69.7 Å². The van der Waals surface area contributed by atoms with Crippen molar-refractivity contribution in [3.8, 4) is 17.1 Å². The van der Waals surface area contributed by atoms with Crippen LogP contribution < -0.4 is 0 Å². The molecule has 1 amide bonds. The Hall–Kier alpha value is -2.69. The minimum atomic E-state index is -3.62. The molecule has 1 aliphatic heterocycles. The maximum atomic E-state index is 13.1. The van der Waals surface area contributed by atoms with Crippen molar-refractivity contribution >= 4 is 27.7 Å². The number of para-hydroxylation sites is 1. The molecule has 2 aromatic carbocycles. The Labute approximate surface area is 217 Å². The van der Waals surface area contributed by atoms with Crippen LogP contribution in [0.25, 0.3) is 17.1 Å². The van der Waals surface area contributed by atoms with Crippen molar-refractivity contribution in [2.45, 2.75) is 56.1 Å². The van der Waals surface area contributed by atoms with Gasteiger partial charge in [-0.25, -0.2) is 8.42 Å². The molecule has 3 aromatic rings. The molecule has 0 spiro atoms. The highest BCUT2D eigenvalue weighted by molar-refractivity contribution is 7.99. The lowest BCUT2D eigenvalue weighted by atomic mass is 10.0. The van der Waals surface area contributed by atoms with Crippen LogP contribution in [0, 0.1) is 0 Å². The number of likely N-dealkylation sites (tertiary alicyclic amines) is 1. The highest BCUT2D eigenvalue weighted by Gasteiger charge is 2.26. The molecule has 0 aliphatic carbocycles. The smallest absolute Gasteiger partial charge is 0.243 e. The van der Waals surface area contributed by atoms with Gasteiger partial charge in [0.1, 0.15) is 0 Å². The Morgan fingerprint density at radius 3 is 2.50 bits per heavy atom. The van der Waals surface area contributed by atoms with Crippen LogP contribution in [0.2, 0.25) is 0 Å². The van der Waals surface area contributed by atoms with Gasteiger partial charge in [0.2, 0.25) is 15.9 Å². The van der Waals surface area contributed by atoms with E-state index in [-0.39, 0.29) is 22.6 Å². The summed E-state index contributed by atoms with van der Waals surface area (Å²) in [5.74, 6) is 0.897. The third-order valence-electron chi connectivity index (χ3n) is 6.53. The first-order chi connectivity index (χ1) is 17.4. The molecule has 1 atom stereocenters. The number of benzene rings is 2.